The van der Waals surface area contributed by atoms with Crippen molar-refractivity contribution in [2.45, 2.75) is 12.1 Å². The van der Waals surface area contributed by atoms with Crippen LogP contribution in [0.15, 0.2) is 138 Å². The Balaban J connectivity index is 0.000000220. The van der Waals surface area contributed by atoms with Gasteiger partial charge in [0.15, 0.2) is 0 Å². The van der Waals surface area contributed by atoms with Crippen LogP contribution in [0.1, 0.15) is 11.5 Å². The molecule has 2 unspecified atom stereocenters. The van der Waals surface area contributed by atoms with Gasteiger partial charge in [-0.05, 0) is 24.3 Å². The Labute approximate surface area is 232 Å². The summed E-state index contributed by atoms with van der Waals surface area (Å²) in [6.07, 6.45) is 33.6. The Morgan fingerprint density at radius 3 is 1.43 bits per heavy atom. The van der Waals surface area contributed by atoms with E-state index in [2.05, 4.69) is 9.98 Å². The predicted octanol–water partition coefficient (Wildman–Crippen LogP) is 5.57. The molecule has 2 aliphatic heterocycles. The summed E-state index contributed by atoms with van der Waals surface area (Å²) in [5, 5.41) is 0. The minimum absolute atomic E-state index is 0.139. The molecule has 0 radical (unpaired) electrons. The van der Waals surface area contributed by atoms with Crippen LogP contribution in [0.25, 0.3) is 12.2 Å². The Bertz CT molecular complexity index is 1390. The summed E-state index contributed by atoms with van der Waals surface area (Å²) in [4.78, 5) is 30.8. The number of hydrogen-bond donors (Lipinski definition) is 0. The Morgan fingerprint density at radius 2 is 1.05 bits per heavy atom. The highest BCUT2D eigenvalue weighted by molar-refractivity contribution is 5.75. The monoisotopic (exact) mass is 538 g/mol. The number of allylic oxidation sites excluding steroid dienone is 10. The topological polar surface area (TPSA) is 104 Å². The molecule has 204 valence electrons. The zero-order chi connectivity index (χ0) is 28.4. The third-order valence-electron chi connectivity index (χ3n) is 5.11. The van der Waals surface area contributed by atoms with Crippen molar-refractivity contribution in [3.8, 4) is 11.5 Å². The molecule has 2 aliphatic rings. The largest absolute Gasteiger partial charge is 0.496 e. The number of hydrogen-bond acceptors (Lipinski definition) is 8. The highest BCUT2D eigenvalue weighted by Crippen LogP contribution is 2.11. The molecule has 4 heterocycles. The molecule has 2 aromatic rings. The Kier molecular flexibility index (Phi) is 12.1. The van der Waals surface area contributed by atoms with Gasteiger partial charge >= 0.3 is 11.3 Å². The van der Waals surface area contributed by atoms with Gasteiger partial charge in [-0.15, -0.1) is 0 Å². The van der Waals surface area contributed by atoms with Crippen molar-refractivity contribution in [3.05, 3.63) is 142 Å². The smallest absolute Gasteiger partial charge is 0.339 e. The molecule has 0 amide bonds. The van der Waals surface area contributed by atoms with Crippen LogP contribution in [0, 0.1) is 0 Å². The van der Waals surface area contributed by atoms with Gasteiger partial charge in [0, 0.05) is 24.6 Å². The van der Waals surface area contributed by atoms with Crippen LogP contribution in [0.2, 0.25) is 0 Å². The van der Waals surface area contributed by atoms with Gasteiger partial charge < -0.3 is 18.3 Å². The van der Waals surface area contributed by atoms with Gasteiger partial charge in [0.2, 0.25) is 0 Å². The SMILES string of the molecule is COc1cc(/C=C/C=C/C=C/C2C=CC=N2)oc(=O)c1.COc1cc(/C=C/C=C/C=C/C2C=CC=N2)oc(=O)c1. The maximum absolute atomic E-state index is 11.2. The molecule has 0 saturated carbocycles. The molecule has 8 heteroatoms. The van der Waals surface area contributed by atoms with Crippen LogP contribution in [0.5, 0.6) is 11.5 Å². The van der Waals surface area contributed by atoms with Crippen LogP contribution in [0.3, 0.4) is 0 Å². The molecule has 0 bridgehead atoms. The Morgan fingerprint density at radius 1 is 0.625 bits per heavy atom. The third-order valence-corrected chi connectivity index (χ3v) is 5.11. The van der Waals surface area contributed by atoms with Gasteiger partial charge in [-0.25, -0.2) is 9.59 Å². The molecule has 0 saturated heterocycles. The summed E-state index contributed by atoms with van der Waals surface area (Å²) in [7, 11) is 3.01. The minimum Gasteiger partial charge on any atom is -0.496 e. The summed E-state index contributed by atoms with van der Waals surface area (Å²) in [6, 6.07) is 6.18. The average molecular weight is 539 g/mol. The quantitative estimate of drug-likeness (QED) is 0.367. The van der Waals surface area contributed by atoms with Gasteiger partial charge in [0.25, 0.3) is 0 Å². The van der Waals surface area contributed by atoms with Crippen molar-refractivity contribution in [1.82, 2.24) is 0 Å². The number of aliphatic imine (C=N–C) groups is 2. The molecule has 0 aliphatic carbocycles. The second-order valence-electron chi connectivity index (χ2n) is 8.04. The van der Waals surface area contributed by atoms with E-state index in [0.29, 0.717) is 23.0 Å². The van der Waals surface area contributed by atoms with E-state index in [4.69, 9.17) is 18.3 Å². The molecule has 4 rings (SSSR count). The first-order chi connectivity index (χ1) is 19.6. The molecule has 8 nitrogen and oxygen atoms in total. The van der Waals surface area contributed by atoms with E-state index in [1.54, 1.807) is 48.9 Å². The van der Waals surface area contributed by atoms with Crippen LogP contribution < -0.4 is 20.7 Å². The molecule has 0 aromatic carbocycles. The molecule has 0 N–H and O–H groups in total. The molecule has 2 aromatic heterocycles. The first-order valence-corrected chi connectivity index (χ1v) is 12.4. The lowest BCUT2D eigenvalue weighted by molar-refractivity contribution is 0.400. The van der Waals surface area contributed by atoms with Crippen molar-refractivity contribution in [2.75, 3.05) is 14.2 Å². The van der Waals surface area contributed by atoms with E-state index in [-0.39, 0.29) is 12.1 Å². The lowest BCUT2D eigenvalue weighted by Crippen LogP contribution is -1.98. The highest BCUT2D eigenvalue weighted by Gasteiger charge is 1.99. The van der Waals surface area contributed by atoms with E-state index in [9.17, 15) is 9.59 Å². The van der Waals surface area contributed by atoms with Crippen molar-refractivity contribution in [3.63, 3.8) is 0 Å². The third kappa shape index (κ3) is 11.0. The molecule has 0 fully saturated rings. The zero-order valence-electron chi connectivity index (χ0n) is 22.2. The molecule has 2 atom stereocenters. The van der Waals surface area contributed by atoms with E-state index in [1.165, 1.54) is 26.4 Å². The molecular weight excluding hydrogens is 508 g/mol. The van der Waals surface area contributed by atoms with Gasteiger partial charge in [0.1, 0.15) is 23.0 Å². The average Bonchev–Trinajstić information content (AvgIpc) is 3.67. The summed E-state index contributed by atoms with van der Waals surface area (Å²) in [5.41, 5.74) is -0.863. The standard InChI is InChI=1S/2C16H15NO3/c2*1-19-15-11-14(20-16(18)12-15)9-5-3-2-4-7-13-8-6-10-17-13/h2*2-13H,1H3/b2*3-2+,7-4+,9-5+. The van der Waals surface area contributed by atoms with Crippen LogP contribution >= 0.6 is 0 Å². The van der Waals surface area contributed by atoms with E-state index in [0.717, 1.165) is 0 Å². The van der Waals surface area contributed by atoms with Crippen molar-refractivity contribution in [2.24, 2.45) is 9.98 Å². The number of rotatable bonds is 10. The van der Waals surface area contributed by atoms with Gasteiger partial charge in [0.05, 0.1) is 38.4 Å². The second-order valence-corrected chi connectivity index (χ2v) is 8.04. The molecule has 0 spiro atoms. The van der Waals surface area contributed by atoms with Crippen molar-refractivity contribution >= 4 is 24.6 Å². The van der Waals surface area contributed by atoms with Crippen LogP contribution in [0.4, 0.5) is 0 Å². The minimum atomic E-state index is -0.432. The second kappa shape index (κ2) is 16.6. The fourth-order valence-corrected chi connectivity index (χ4v) is 3.21. The first-order valence-electron chi connectivity index (χ1n) is 12.4. The lowest BCUT2D eigenvalue weighted by atomic mass is 10.2. The number of ether oxygens (including phenoxy) is 2. The van der Waals surface area contributed by atoms with E-state index >= 15 is 0 Å². The fraction of sp³-hybridized carbons (Fsp3) is 0.125. The van der Waals surface area contributed by atoms with Crippen molar-refractivity contribution < 1.29 is 18.3 Å². The van der Waals surface area contributed by atoms with E-state index in [1.807, 2.05) is 72.9 Å². The number of methoxy groups -OCH3 is 2. The summed E-state index contributed by atoms with van der Waals surface area (Å²) in [6.45, 7) is 0. The summed E-state index contributed by atoms with van der Waals surface area (Å²) in [5.74, 6) is 1.86. The van der Waals surface area contributed by atoms with Gasteiger partial charge in [-0.1, -0.05) is 72.9 Å². The molecular formula is C32H30N2O6. The molecule has 40 heavy (non-hydrogen) atoms. The Hall–Kier alpha value is -5.24. The lowest BCUT2D eigenvalue weighted by Gasteiger charge is -1.97. The maximum atomic E-state index is 11.2. The summed E-state index contributed by atoms with van der Waals surface area (Å²) < 4.78 is 20.0. The van der Waals surface area contributed by atoms with E-state index < -0.39 is 11.3 Å². The normalized spacial score (nSPS) is 17.9. The van der Waals surface area contributed by atoms with Crippen molar-refractivity contribution in [1.29, 1.82) is 0 Å². The summed E-state index contributed by atoms with van der Waals surface area (Å²) >= 11 is 0. The zero-order valence-corrected chi connectivity index (χ0v) is 22.2. The highest BCUT2D eigenvalue weighted by atomic mass is 16.5. The predicted molar refractivity (Wildman–Crippen MR) is 161 cm³/mol. The van der Waals surface area contributed by atoms with Gasteiger partial charge in [-0.2, -0.15) is 0 Å². The number of nitrogens with zero attached hydrogens (tertiary/aromatic N) is 2. The van der Waals surface area contributed by atoms with Crippen LogP contribution in [-0.2, 0) is 0 Å². The first kappa shape index (κ1) is 29.3. The fourth-order valence-electron chi connectivity index (χ4n) is 3.21. The van der Waals surface area contributed by atoms with Crippen LogP contribution in [-0.4, -0.2) is 38.7 Å². The van der Waals surface area contributed by atoms with Gasteiger partial charge in [-0.3, -0.25) is 9.98 Å². The maximum Gasteiger partial charge on any atom is 0.339 e.